The molecule has 0 unspecified atom stereocenters. The highest BCUT2D eigenvalue weighted by atomic mass is 28.3. The minimum atomic E-state index is -3.01. The van der Waals surface area contributed by atoms with Crippen molar-refractivity contribution in [2.75, 3.05) is 20.8 Å². The van der Waals surface area contributed by atoms with Crippen molar-refractivity contribution in [1.82, 2.24) is 0 Å². The molecule has 0 N–H and O–H groups in total. The lowest BCUT2D eigenvalue weighted by atomic mass is 10.2. The average molecular weight is 179 g/mol. The molecule has 0 bridgehead atoms. The van der Waals surface area contributed by atoms with Crippen molar-refractivity contribution in [2.24, 2.45) is 5.92 Å². The van der Waals surface area contributed by atoms with Gasteiger partial charge in [-0.05, 0) is 12.3 Å². The molecule has 0 amide bonds. The summed E-state index contributed by atoms with van der Waals surface area (Å²) in [6.07, 6.45) is 0.931. The van der Waals surface area contributed by atoms with Gasteiger partial charge in [0.1, 0.15) is 1.23 Å². The second-order valence-electron chi connectivity index (χ2n) is 2.69. The molecular weight excluding hydrogens is 160 g/mol. The van der Waals surface area contributed by atoms with Crippen molar-refractivity contribution >= 4 is 9.46 Å². The minimum Gasteiger partial charge on any atom is -0.379 e. The summed E-state index contributed by atoms with van der Waals surface area (Å²) in [6, 6.07) is 0. The van der Waals surface area contributed by atoms with Gasteiger partial charge in [-0.25, -0.2) is 0 Å². The van der Waals surface area contributed by atoms with Crippen LogP contribution in [-0.4, -0.2) is 31.5 Å². The van der Waals surface area contributed by atoms with Gasteiger partial charge in [-0.1, -0.05) is 13.8 Å². The molecule has 0 fully saturated rings. The lowest BCUT2D eigenvalue weighted by molar-refractivity contribution is 0.129. The van der Waals surface area contributed by atoms with Gasteiger partial charge in [-0.2, -0.15) is 0 Å². The van der Waals surface area contributed by atoms with E-state index in [0.29, 0.717) is 12.5 Å². The Morgan fingerprint density at radius 2 is 1.91 bits per heavy atom. The summed E-state index contributed by atoms with van der Waals surface area (Å²) in [4.78, 5) is 0. The standard InChI is InChI=1S/C7H18O3Si/c1-7(2)5-6-10-11(8-3)9-4/h7,11H,5-6H2,1-4H3/i11D. The third kappa shape index (κ3) is 6.49. The maximum Gasteiger partial charge on any atom is 0.483 e. The van der Waals surface area contributed by atoms with Crippen LogP contribution in [0.15, 0.2) is 0 Å². The second kappa shape index (κ2) is 6.79. The van der Waals surface area contributed by atoms with Gasteiger partial charge in [-0.3, -0.25) is 0 Å². The molecule has 0 rings (SSSR count). The molecule has 0 atom stereocenters. The van der Waals surface area contributed by atoms with E-state index in [1.807, 2.05) is 0 Å². The minimum absolute atomic E-state index is 0.537. The Kier molecular flexibility index (Phi) is 5.67. The third-order valence-corrected chi connectivity index (χ3v) is 2.35. The zero-order chi connectivity index (χ0) is 9.61. The van der Waals surface area contributed by atoms with Crippen molar-refractivity contribution in [3.05, 3.63) is 0 Å². The van der Waals surface area contributed by atoms with Crippen LogP contribution in [-0.2, 0) is 13.3 Å². The SMILES string of the molecule is [2H][Si](OC)(OC)OCCC(C)C. The van der Waals surface area contributed by atoms with E-state index in [1.54, 1.807) is 0 Å². The highest BCUT2D eigenvalue weighted by molar-refractivity contribution is 6.36. The molecule has 0 radical (unpaired) electrons. The van der Waals surface area contributed by atoms with Crippen molar-refractivity contribution in [1.29, 1.82) is 1.23 Å². The molecule has 3 nitrogen and oxygen atoms in total. The molecule has 11 heavy (non-hydrogen) atoms. The molecule has 0 saturated heterocycles. The van der Waals surface area contributed by atoms with Crippen LogP contribution < -0.4 is 0 Å². The highest BCUT2D eigenvalue weighted by Gasteiger charge is 2.09. The maximum absolute atomic E-state index is 7.53. The monoisotopic (exact) mass is 179 g/mol. The molecule has 0 heterocycles. The number of hydrogen-bond acceptors (Lipinski definition) is 3. The molecule has 0 aliphatic rings. The normalized spacial score (nSPS) is 13.7. The summed E-state index contributed by atoms with van der Waals surface area (Å²) in [5, 5.41) is 0. The fourth-order valence-electron chi connectivity index (χ4n) is 0.579. The Morgan fingerprint density at radius 1 is 1.36 bits per heavy atom. The molecular formula is C7H18O3Si. The third-order valence-electron chi connectivity index (χ3n) is 1.25. The van der Waals surface area contributed by atoms with E-state index in [2.05, 4.69) is 13.8 Å². The van der Waals surface area contributed by atoms with E-state index in [-0.39, 0.29) is 0 Å². The van der Waals surface area contributed by atoms with E-state index < -0.39 is 9.46 Å². The predicted octanol–water partition coefficient (Wildman–Crippen LogP) is 1.06. The predicted molar refractivity (Wildman–Crippen MR) is 46.6 cm³/mol. The summed E-state index contributed by atoms with van der Waals surface area (Å²) in [7, 11) is -0.129. The fourth-order valence-corrected chi connectivity index (χ4v) is 1.27. The zero-order valence-electron chi connectivity index (χ0n) is 8.72. The van der Waals surface area contributed by atoms with E-state index in [4.69, 9.17) is 14.5 Å². The van der Waals surface area contributed by atoms with Gasteiger partial charge in [0.05, 0.1) is 0 Å². The largest absolute Gasteiger partial charge is 0.483 e. The van der Waals surface area contributed by atoms with Gasteiger partial charge in [-0.15, -0.1) is 0 Å². The average Bonchev–Trinajstić information content (AvgIpc) is 2.03. The molecule has 0 aromatic carbocycles. The first-order valence-electron chi connectivity index (χ1n) is 4.28. The van der Waals surface area contributed by atoms with Gasteiger partial charge in [0.15, 0.2) is 0 Å². The quantitative estimate of drug-likeness (QED) is 0.571. The van der Waals surface area contributed by atoms with Crippen molar-refractivity contribution in [3.63, 3.8) is 0 Å². The summed E-state index contributed by atoms with van der Waals surface area (Å²) in [5.74, 6) is 0.581. The molecule has 0 aromatic rings. The Bertz CT molecular complexity index is 117. The Balaban J connectivity index is 3.58. The van der Waals surface area contributed by atoms with Crippen LogP contribution in [0.3, 0.4) is 0 Å². The summed E-state index contributed by atoms with van der Waals surface area (Å²) in [5.41, 5.74) is 0. The lowest BCUT2D eigenvalue weighted by Crippen LogP contribution is -2.24. The van der Waals surface area contributed by atoms with Crippen LogP contribution in [0.2, 0.25) is 0 Å². The van der Waals surface area contributed by atoms with E-state index in [0.717, 1.165) is 6.42 Å². The molecule has 0 spiro atoms. The molecule has 0 aliphatic carbocycles. The molecule has 0 saturated carbocycles. The zero-order valence-corrected chi connectivity index (χ0v) is 8.72. The van der Waals surface area contributed by atoms with Crippen LogP contribution in [0, 0.1) is 5.92 Å². The van der Waals surface area contributed by atoms with Crippen LogP contribution in [0.1, 0.15) is 20.3 Å². The summed E-state index contributed by atoms with van der Waals surface area (Å²) in [6.45, 7) is 4.75. The highest BCUT2D eigenvalue weighted by Crippen LogP contribution is 2.00. The second-order valence-corrected chi connectivity index (χ2v) is 4.29. The fraction of sp³-hybridized carbons (Fsp3) is 1.00. The Morgan fingerprint density at radius 3 is 2.27 bits per heavy atom. The topological polar surface area (TPSA) is 27.7 Å². The van der Waals surface area contributed by atoms with Gasteiger partial charge in [0.25, 0.3) is 0 Å². The van der Waals surface area contributed by atoms with E-state index >= 15 is 0 Å². The number of hydrogen-bond donors (Lipinski definition) is 0. The Labute approximate surface area is 71.8 Å². The van der Waals surface area contributed by atoms with Crippen LogP contribution >= 0.6 is 0 Å². The first kappa shape index (κ1) is 9.19. The summed E-state index contributed by atoms with van der Waals surface area (Å²) >= 11 is 0. The Hall–Kier alpha value is 0.0969. The maximum atomic E-state index is 7.53. The van der Waals surface area contributed by atoms with Crippen molar-refractivity contribution < 1.29 is 13.3 Å². The summed E-state index contributed by atoms with van der Waals surface area (Å²) < 4.78 is 22.4. The van der Waals surface area contributed by atoms with Crippen molar-refractivity contribution in [2.45, 2.75) is 20.3 Å². The first-order valence-corrected chi connectivity index (χ1v) is 5.01. The lowest BCUT2D eigenvalue weighted by Gasteiger charge is -2.12. The first-order chi connectivity index (χ1) is 5.54. The molecule has 68 valence electrons. The van der Waals surface area contributed by atoms with Gasteiger partial charge < -0.3 is 13.3 Å². The van der Waals surface area contributed by atoms with Crippen LogP contribution in [0.25, 0.3) is 0 Å². The molecule has 0 aromatic heterocycles. The molecule has 4 heteroatoms. The van der Waals surface area contributed by atoms with Crippen LogP contribution in [0.4, 0.5) is 0 Å². The van der Waals surface area contributed by atoms with E-state index in [9.17, 15) is 0 Å². The van der Waals surface area contributed by atoms with E-state index in [1.165, 1.54) is 14.2 Å². The van der Waals surface area contributed by atoms with Gasteiger partial charge in [0, 0.05) is 20.8 Å². The van der Waals surface area contributed by atoms with Crippen molar-refractivity contribution in [3.8, 4) is 0 Å². The molecule has 0 aliphatic heterocycles. The van der Waals surface area contributed by atoms with Gasteiger partial charge in [0.2, 0.25) is 0 Å². The van der Waals surface area contributed by atoms with Gasteiger partial charge >= 0.3 is 9.46 Å². The number of rotatable bonds is 6. The van der Waals surface area contributed by atoms with Crippen LogP contribution in [0.5, 0.6) is 0 Å². The smallest absolute Gasteiger partial charge is 0.379 e.